The maximum Gasteiger partial charge on any atom is 0.225 e. The fourth-order valence-corrected chi connectivity index (χ4v) is 2.31. The highest BCUT2D eigenvalue weighted by Gasteiger charge is 2.35. The van der Waals surface area contributed by atoms with E-state index in [1.807, 2.05) is 39.8 Å². The van der Waals surface area contributed by atoms with Gasteiger partial charge in [-0.25, -0.2) is 0 Å². The molecule has 1 aliphatic heterocycles. The normalized spacial score (nSPS) is 19.4. The zero-order chi connectivity index (χ0) is 16.0. The molecule has 1 atom stereocenters. The number of nitrogens with one attached hydrogen (secondary N) is 1. The van der Waals surface area contributed by atoms with Gasteiger partial charge in [0.15, 0.2) is 0 Å². The van der Waals surface area contributed by atoms with E-state index in [9.17, 15) is 9.59 Å². The molecule has 0 saturated carbocycles. The first-order valence-electron chi connectivity index (χ1n) is 7.57. The van der Waals surface area contributed by atoms with Crippen LogP contribution in [0.15, 0.2) is 0 Å². The standard InChI is InChI=1S/C15H29N3O3/c1-6-21-11-15(2,3)16-14(20)12-9-13(19)18(10-12)8-7-17(4)5/h12H,6-11H2,1-5H3,(H,16,20). The van der Waals surface area contributed by atoms with Crippen LogP contribution < -0.4 is 5.32 Å². The maximum absolute atomic E-state index is 12.3. The molecular weight excluding hydrogens is 270 g/mol. The van der Waals surface area contributed by atoms with Crippen LogP contribution in [0, 0.1) is 5.92 Å². The van der Waals surface area contributed by atoms with E-state index in [1.54, 1.807) is 4.90 Å². The highest BCUT2D eigenvalue weighted by atomic mass is 16.5. The molecule has 6 heteroatoms. The first kappa shape index (κ1) is 17.9. The molecule has 1 unspecified atom stereocenters. The van der Waals surface area contributed by atoms with Gasteiger partial charge in [-0.15, -0.1) is 0 Å². The predicted molar refractivity (Wildman–Crippen MR) is 82.0 cm³/mol. The number of hydrogen-bond acceptors (Lipinski definition) is 4. The number of nitrogens with zero attached hydrogens (tertiary/aromatic N) is 2. The van der Waals surface area contributed by atoms with Crippen LogP contribution in [0.2, 0.25) is 0 Å². The lowest BCUT2D eigenvalue weighted by molar-refractivity contribution is -0.129. The van der Waals surface area contributed by atoms with Gasteiger partial charge < -0.3 is 19.9 Å². The summed E-state index contributed by atoms with van der Waals surface area (Å²) >= 11 is 0. The largest absolute Gasteiger partial charge is 0.379 e. The lowest BCUT2D eigenvalue weighted by atomic mass is 10.0. The SMILES string of the molecule is CCOCC(C)(C)NC(=O)C1CC(=O)N(CCN(C)C)C1. The number of likely N-dealkylation sites (tertiary alicyclic amines) is 1. The summed E-state index contributed by atoms with van der Waals surface area (Å²) in [5.41, 5.74) is -0.410. The van der Waals surface area contributed by atoms with Crippen LogP contribution in [-0.4, -0.2) is 74.1 Å². The molecule has 1 saturated heterocycles. The van der Waals surface area contributed by atoms with Crippen molar-refractivity contribution < 1.29 is 14.3 Å². The van der Waals surface area contributed by atoms with Gasteiger partial charge in [0.05, 0.1) is 18.1 Å². The topological polar surface area (TPSA) is 61.9 Å². The van der Waals surface area contributed by atoms with Gasteiger partial charge in [0, 0.05) is 32.7 Å². The van der Waals surface area contributed by atoms with E-state index in [0.29, 0.717) is 32.7 Å². The fraction of sp³-hybridized carbons (Fsp3) is 0.867. The Kier molecular flexibility index (Phi) is 6.61. The third kappa shape index (κ3) is 6.01. The third-order valence-corrected chi connectivity index (χ3v) is 3.53. The molecule has 2 amide bonds. The van der Waals surface area contributed by atoms with Gasteiger partial charge in [-0.05, 0) is 34.9 Å². The number of likely N-dealkylation sites (N-methyl/N-ethyl adjacent to an activating group) is 1. The average Bonchev–Trinajstić information content (AvgIpc) is 2.75. The van der Waals surface area contributed by atoms with Crippen molar-refractivity contribution in [2.75, 3.05) is 46.9 Å². The number of ether oxygens (including phenoxy) is 1. The second-order valence-corrected chi connectivity index (χ2v) is 6.55. The summed E-state index contributed by atoms with van der Waals surface area (Å²) in [5.74, 6) is -0.236. The Bertz CT molecular complexity index is 369. The van der Waals surface area contributed by atoms with Gasteiger partial charge >= 0.3 is 0 Å². The molecule has 122 valence electrons. The van der Waals surface area contributed by atoms with E-state index in [1.165, 1.54) is 0 Å². The minimum absolute atomic E-state index is 0.0552. The Morgan fingerprint density at radius 2 is 2.14 bits per heavy atom. The van der Waals surface area contributed by atoms with Crippen LogP contribution in [0.1, 0.15) is 27.2 Å². The lowest BCUT2D eigenvalue weighted by Crippen LogP contribution is -2.49. The summed E-state index contributed by atoms with van der Waals surface area (Å²) in [7, 11) is 3.95. The van der Waals surface area contributed by atoms with E-state index in [4.69, 9.17) is 4.74 Å². The zero-order valence-corrected chi connectivity index (χ0v) is 13.9. The molecule has 0 radical (unpaired) electrons. The van der Waals surface area contributed by atoms with Crippen molar-refractivity contribution in [3.05, 3.63) is 0 Å². The predicted octanol–water partition coefficient (Wildman–Crippen LogP) is 0.328. The van der Waals surface area contributed by atoms with Crippen LogP contribution in [0.25, 0.3) is 0 Å². The maximum atomic E-state index is 12.3. The quantitative estimate of drug-likeness (QED) is 0.701. The van der Waals surface area contributed by atoms with Gasteiger partial charge in [-0.1, -0.05) is 0 Å². The smallest absolute Gasteiger partial charge is 0.225 e. The highest BCUT2D eigenvalue weighted by Crippen LogP contribution is 2.19. The first-order chi connectivity index (χ1) is 9.75. The summed E-state index contributed by atoms with van der Waals surface area (Å²) in [6.07, 6.45) is 0.310. The minimum atomic E-state index is -0.410. The fourth-order valence-electron chi connectivity index (χ4n) is 2.31. The van der Waals surface area contributed by atoms with Gasteiger partial charge in [-0.2, -0.15) is 0 Å². The Labute approximate surface area is 127 Å². The minimum Gasteiger partial charge on any atom is -0.379 e. The van der Waals surface area contributed by atoms with Gasteiger partial charge in [0.2, 0.25) is 11.8 Å². The molecular formula is C15H29N3O3. The molecule has 0 spiro atoms. The Hall–Kier alpha value is -1.14. The van der Waals surface area contributed by atoms with Crippen molar-refractivity contribution in [2.45, 2.75) is 32.7 Å². The van der Waals surface area contributed by atoms with Crippen LogP contribution in [-0.2, 0) is 14.3 Å². The Morgan fingerprint density at radius 1 is 1.48 bits per heavy atom. The molecule has 0 bridgehead atoms. The van der Waals surface area contributed by atoms with Gasteiger partial charge in [0.25, 0.3) is 0 Å². The monoisotopic (exact) mass is 299 g/mol. The van der Waals surface area contributed by atoms with Gasteiger partial charge in [0.1, 0.15) is 0 Å². The average molecular weight is 299 g/mol. The molecule has 1 aliphatic rings. The molecule has 0 aromatic heterocycles. The van der Waals surface area contributed by atoms with E-state index in [0.717, 1.165) is 6.54 Å². The number of carbonyl (C=O) groups excluding carboxylic acids is 2. The molecule has 0 aromatic rings. The van der Waals surface area contributed by atoms with Crippen molar-refractivity contribution in [3.63, 3.8) is 0 Å². The third-order valence-electron chi connectivity index (χ3n) is 3.53. The number of carbonyl (C=O) groups is 2. The highest BCUT2D eigenvalue weighted by molar-refractivity contribution is 5.89. The number of amides is 2. The second kappa shape index (κ2) is 7.75. The molecule has 6 nitrogen and oxygen atoms in total. The molecule has 1 fully saturated rings. The first-order valence-corrected chi connectivity index (χ1v) is 7.57. The van der Waals surface area contributed by atoms with E-state index >= 15 is 0 Å². The van der Waals surface area contributed by atoms with Crippen molar-refractivity contribution in [1.82, 2.24) is 15.1 Å². The van der Waals surface area contributed by atoms with Crippen LogP contribution in [0.5, 0.6) is 0 Å². The molecule has 1 heterocycles. The van der Waals surface area contributed by atoms with E-state index < -0.39 is 5.54 Å². The number of rotatable bonds is 8. The summed E-state index contributed by atoms with van der Waals surface area (Å²) in [4.78, 5) is 28.1. The Morgan fingerprint density at radius 3 is 2.71 bits per heavy atom. The summed E-state index contributed by atoms with van der Waals surface area (Å²) in [6.45, 7) is 8.90. The summed E-state index contributed by atoms with van der Waals surface area (Å²) in [6, 6.07) is 0. The second-order valence-electron chi connectivity index (χ2n) is 6.55. The summed E-state index contributed by atoms with van der Waals surface area (Å²) in [5, 5.41) is 2.99. The van der Waals surface area contributed by atoms with Crippen molar-refractivity contribution >= 4 is 11.8 Å². The lowest BCUT2D eigenvalue weighted by Gasteiger charge is -2.27. The number of hydrogen-bond donors (Lipinski definition) is 1. The molecule has 0 aromatic carbocycles. The van der Waals surface area contributed by atoms with Crippen molar-refractivity contribution in [2.24, 2.45) is 5.92 Å². The van der Waals surface area contributed by atoms with Crippen LogP contribution >= 0.6 is 0 Å². The van der Waals surface area contributed by atoms with Crippen LogP contribution in [0.4, 0.5) is 0 Å². The van der Waals surface area contributed by atoms with Crippen molar-refractivity contribution in [3.8, 4) is 0 Å². The molecule has 0 aliphatic carbocycles. The van der Waals surface area contributed by atoms with Crippen LogP contribution in [0.3, 0.4) is 0 Å². The molecule has 1 rings (SSSR count). The van der Waals surface area contributed by atoms with Gasteiger partial charge in [-0.3, -0.25) is 9.59 Å². The van der Waals surface area contributed by atoms with E-state index in [2.05, 4.69) is 5.32 Å². The zero-order valence-electron chi connectivity index (χ0n) is 13.9. The Balaban J connectivity index is 2.47. The summed E-state index contributed by atoms with van der Waals surface area (Å²) < 4.78 is 5.37. The van der Waals surface area contributed by atoms with E-state index in [-0.39, 0.29) is 17.7 Å². The molecule has 21 heavy (non-hydrogen) atoms. The van der Waals surface area contributed by atoms with Crippen molar-refractivity contribution in [1.29, 1.82) is 0 Å². The molecule has 1 N–H and O–H groups in total.